The summed E-state index contributed by atoms with van der Waals surface area (Å²) in [4.78, 5) is 28.1. The van der Waals surface area contributed by atoms with E-state index in [9.17, 15) is 9.59 Å². The zero-order valence-electron chi connectivity index (χ0n) is 16.6. The lowest BCUT2D eigenvalue weighted by Gasteiger charge is -2.31. The predicted molar refractivity (Wildman–Crippen MR) is 108 cm³/mol. The third kappa shape index (κ3) is 4.67. The molecule has 3 heterocycles. The van der Waals surface area contributed by atoms with Crippen molar-refractivity contribution in [2.24, 2.45) is 11.7 Å². The average Bonchev–Trinajstić information content (AvgIpc) is 3.40. The number of primary amides is 1. The Morgan fingerprint density at radius 3 is 2.59 bits per heavy atom. The molecule has 1 aromatic carbocycles. The Morgan fingerprint density at radius 1 is 1.10 bits per heavy atom. The number of benzene rings is 1. The van der Waals surface area contributed by atoms with Gasteiger partial charge in [0.1, 0.15) is 6.04 Å². The molecule has 2 saturated heterocycles. The average molecular weight is 396 g/mol. The first-order valence-corrected chi connectivity index (χ1v) is 10.4. The highest BCUT2D eigenvalue weighted by atomic mass is 16.5. The van der Waals surface area contributed by atoms with Gasteiger partial charge in [-0.15, -0.1) is 0 Å². The molecule has 7 heteroatoms. The van der Waals surface area contributed by atoms with Crippen molar-refractivity contribution in [1.82, 2.24) is 15.0 Å². The van der Waals surface area contributed by atoms with Crippen molar-refractivity contribution in [2.45, 2.75) is 44.7 Å². The highest BCUT2D eigenvalue weighted by molar-refractivity contribution is 5.96. The van der Waals surface area contributed by atoms with Crippen molar-refractivity contribution in [2.75, 3.05) is 19.6 Å². The van der Waals surface area contributed by atoms with E-state index in [1.54, 1.807) is 6.07 Å². The maximum atomic E-state index is 12.7. The van der Waals surface area contributed by atoms with Crippen LogP contribution in [-0.4, -0.2) is 52.4 Å². The fraction of sp³-hybridized carbons (Fsp3) is 0.500. The number of nitrogens with zero attached hydrogens (tertiary/aromatic N) is 3. The van der Waals surface area contributed by atoms with Crippen LogP contribution in [-0.2, 0) is 17.8 Å². The van der Waals surface area contributed by atoms with Gasteiger partial charge in [-0.05, 0) is 56.7 Å². The minimum atomic E-state index is -0.536. The highest BCUT2D eigenvalue weighted by Crippen LogP contribution is 2.24. The molecule has 1 atom stereocenters. The Hall–Kier alpha value is -2.67. The zero-order chi connectivity index (χ0) is 20.2. The molecule has 2 N–H and O–H groups in total. The lowest BCUT2D eigenvalue weighted by atomic mass is 9.90. The first kappa shape index (κ1) is 19.6. The number of likely N-dealkylation sites (tertiary alicyclic amines) is 2. The normalized spacial score (nSPS) is 20.8. The third-order valence-electron chi connectivity index (χ3n) is 6.07. The van der Waals surface area contributed by atoms with Crippen LogP contribution in [0.4, 0.5) is 0 Å². The number of rotatable bonds is 6. The van der Waals surface area contributed by atoms with E-state index in [1.807, 2.05) is 0 Å². The standard InChI is InChI=1S/C22H28N4O3/c23-21(27)20-7-4-10-26(20)22(28)19-14-18(29-24-19)15-25-11-8-17(9-12-25)13-16-5-2-1-3-6-16/h1-3,5-6,14,17,20H,4,7-13,15H2,(H2,23,27)/t20-/m0/s1. The topological polar surface area (TPSA) is 92.7 Å². The minimum Gasteiger partial charge on any atom is -0.368 e. The van der Waals surface area contributed by atoms with Crippen LogP contribution < -0.4 is 5.73 Å². The molecule has 0 spiro atoms. The monoisotopic (exact) mass is 396 g/mol. The van der Waals surface area contributed by atoms with Gasteiger partial charge < -0.3 is 15.2 Å². The highest BCUT2D eigenvalue weighted by Gasteiger charge is 2.34. The van der Waals surface area contributed by atoms with Gasteiger partial charge >= 0.3 is 0 Å². The molecule has 0 aliphatic carbocycles. The third-order valence-corrected chi connectivity index (χ3v) is 6.07. The maximum absolute atomic E-state index is 12.7. The maximum Gasteiger partial charge on any atom is 0.276 e. The number of carbonyl (C=O) groups is 2. The molecule has 0 unspecified atom stereocenters. The first-order valence-electron chi connectivity index (χ1n) is 10.4. The Bertz CT molecular complexity index is 843. The number of piperidine rings is 1. The van der Waals surface area contributed by atoms with Crippen LogP contribution in [0.3, 0.4) is 0 Å². The predicted octanol–water partition coefficient (Wildman–Crippen LogP) is 2.22. The van der Waals surface area contributed by atoms with Crippen LogP contribution in [0.25, 0.3) is 0 Å². The van der Waals surface area contributed by atoms with Gasteiger partial charge in [0.05, 0.1) is 6.54 Å². The Labute approximate surface area is 170 Å². The largest absolute Gasteiger partial charge is 0.368 e. The van der Waals surface area contributed by atoms with E-state index in [0.717, 1.165) is 38.8 Å². The number of hydrogen-bond acceptors (Lipinski definition) is 5. The summed E-state index contributed by atoms with van der Waals surface area (Å²) >= 11 is 0. The van der Waals surface area contributed by atoms with Crippen LogP contribution in [0.5, 0.6) is 0 Å². The minimum absolute atomic E-state index is 0.257. The second-order valence-corrected chi connectivity index (χ2v) is 8.15. The second-order valence-electron chi connectivity index (χ2n) is 8.15. The number of amides is 2. The van der Waals surface area contributed by atoms with E-state index in [1.165, 1.54) is 10.5 Å². The van der Waals surface area contributed by atoms with Crippen molar-refractivity contribution < 1.29 is 14.1 Å². The molecule has 2 aliphatic rings. The summed E-state index contributed by atoms with van der Waals surface area (Å²) in [6.07, 6.45) is 4.84. The van der Waals surface area contributed by atoms with Gasteiger partial charge in [-0.3, -0.25) is 14.5 Å². The van der Waals surface area contributed by atoms with E-state index in [0.29, 0.717) is 31.2 Å². The second kappa shape index (κ2) is 8.78. The van der Waals surface area contributed by atoms with E-state index >= 15 is 0 Å². The van der Waals surface area contributed by atoms with Crippen LogP contribution in [0.15, 0.2) is 40.9 Å². The van der Waals surface area contributed by atoms with Gasteiger partial charge in [0, 0.05) is 12.6 Å². The molecule has 2 fully saturated rings. The Morgan fingerprint density at radius 2 is 1.86 bits per heavy atom. The molecule has 29 heavy (non-hydrogen) atoms. The summed E-state index contributed by atoms with van der Waals surface area (Å²) in [5, 5.41) is 3.95. The Kier molecular flexibility index (Phi) is 5.94. The van der Waals surface area contributed by atoms with Gasteiger partial charge in [-0.1, -0.05) is 35.5 Å². The summed E-state index contributed by atoms with van der Waals surface area (Å²) in [5.41, 5.74) is 7.07. The Balaban J connectivity index is 1.29. The first-order chi connectivity index (χ1) is 14.1. The van der Waals surface area contributed by atoms with Gasteiger partial charge in [0.2, 0.25) is 5.91 Å². The van der Waals surface area contributed by atoms with E-state index in [4.69, 9.17) is 10.3 Å². The summed E-state index contributed by atoms with van der Waals surface area (Å²) in [7, 11) is 0. The molecule has 0 bridgehead atoms. The van der Waals surface area contributed by atoms with Crippen molar-refractivity contribution >= 4 is 11.8 Å². The SMILES string of the molecule is NC(=O)[C@@H]1CCCN1C(=O)c1cc(CN2CCC(Cc3ccccc3)CC2)on1. The van der Waals surface area contributed by atoms with E-state index in [2.05, 4.69) is 40.4 Å². The zero-order valence-corrected chi connectivity index (χ0v) is 16.6. The molecular weight excluding hydrogens is 368 g/mol. The molecule has 1 aromatic heterocycles. The fourth-order valence-electron chi connectivity index (χ4n) is 4.46. The number of carbonyl (C=O) groups excluding carboxylic acids is 2. The molecule has 4 rings (SSSR count). The van der Waals surface area contributed by atoms with Crippen molar-refractivity contribution in [3.05, 3.63) is 53.4 Å². The molecule has 7 nitrogen and oxygen atoms in total. The summed E-state index contributed by atoms with van der Waals surface area (Å²) in [6.45, 7) is 3.20. The van der Waals surface area contributed by atoms with Crippen LogP contribution in [0.1, 0.15) is 47.5 Å². The van der Waals surface area contributed by atoms with Gasteiger partial charge in [-0.25, -0.2) is 0 Å². The van der Waals surface area contributed by atoms with Gasteiger partial charge in [0.25, 0.3) is 5.91 Å². The smallest absolute Gasteiger partial charge is 0.276 e. The quantitative estimate of drug-likeness (QED) is 0.808. The molecular formula is C22H28N4O3. The lowest BCUT2D eigenvalue weighted by Crippen LogP contribution is -2.43. The lowest BCUT2D eigenvalue weighted by molar-refractivity contribution is -0.121. The van der Waals surface area contributed by atoms with Crippen molar-refractivity contribution in [3.8, 4) is 0 Å². The molecule has 154 valence electrons. The van der Waals surface area contributed by atoms with Crippen LogP contribution in [0.2, 0.25) is 0 Å². The molecule has 0 saturated carbocycles. The van der Waals surface area contributed by atoms with Gasteiger partial charge in [-0.2, -0.15) is 0 Å². The van der Waals surface area contributed by atoms with Crippen molar-refractivity contribution in [3.63, 3.8) is 0 Å². The van der Waals surface area contributed by atoms with Crippen molar-refractivity contribution in [1.29, 1.82) is 0 Å². The molecule has 2 amide bonds. The summed E-state index contributed by atoms with van der Waals surface area (Å²) in [5.74, 6) is 0.659. The summed E-state index contributed by atoms with van der Waals surface area (Å²) < 4.78 is 5.41. The molecule has 2 aliphatic heterocycles. The fourth-order valence-corrected chi connectivity index (χ4v) is 4.46. The number of aromatic nitrogens is 1. The van der Waals surface area contributed by atoms with E-state index in [-0.39, 0.29) is 11.6 Å². The van der Waals surface area contributed by atoms with Crippen LogP contribution in [0, 0.1) is 5.92 Å². The number of hydrogen-bond donors (Lipinski definition) is 1. The van der Waals surface area contributed by atoms with Gasteiger partial charge in [0.15, 0.2) is 11.5 Å². The summed E-state index contributed by atoms with van der Waals surface area (Å²) in [6, 6.07) is 11.8. The molecule has 0 radical (unpaired) electrons. The molecule has 2 aromatic rings. The number of nitrogens with two attached hydrogens (primary N) is 1. The van der Waals surface area contributed by atoms with E-state index < -0.39 is 11.9 Å². The van der Waals surface area contributed by atoms with Crippen LogP contribution >= 0.6 is 0 Å².